The number of methoxy groups -OCH3 is 1. The number of benzene rings is 1. The van der Waals surface area contributed by atoms with E-state index in [1.54, 1.807) is 12.1 Å². The average molecular weight is 279 g/mol. The van der Waals surface area contributed by atoms with Crippen LogP contribution in [0.5, 0.6) is 0 Å². The Morgan fingerprint density at radius 3 is 2.40 bits per heavy atom. The molecule has 0 saturated heterocycles. The number of amides is 1. The molecule has 2 rings (SSSR count). The van der Waals surface area contributed by atoms with Crippen LogP contribution in [-0.2, 0) is 19.7 Å². The van der Waals surface area contributed by atoms with E-state index in [4.69, 9.17) is 0 Å². The Bertz CT molecular complexity index is 492. The van der Waals surface area contributed by atoms with E-state index < -0.39 is 11.4 Å². The van der Waals surface area contributed by atoms with Gasteiger partial charge in [-0.15, -0.1) is 0 Å². The van der Waals surface area contributed by atoms with Gasteiger partial charge in [0.05, 0.1) is 12.5 Å². The quantitative estimate of drug-likeness (QED) is 0.857. The number of ether oxygens (including phenoxy) is 1. The Hall–Kier alpha value is -1.91. The molecular formula is C15H18FNO3. The zero-order chi connectivity index (χ0) is 14.6. The second-order valence-electron chi connectivity index (χ2n) is 5.05. The lowest BCUT2D eigenvalue weighted by atomic mass is 9.78. The molecule has 0 spiro atoms. The zero-order valence-corrected chi connectivity index (χ0v) is 11.4. The molecule has 1 amide bonds. The molecule has 0 unspecified atom stereocenters. The highest BCUT2D eigenvalue weighted by molar-refractivity contribution is 5.90. The maximum absolute atomic E-state index is 13.0. The third-order valence-electron chi connectivity index (χ3n) is 3.91. The van der Waals surface area contributed by atoms with Crippen molar-refractivity contribution in [3.8, 4) is 0 Å². The molecule has 0 aromatic heterocycles. The van der Waals surface area contributed by atoms with Crippen LogP contribution in [0.15, 0.2) is 24.3 Å². The van der Waals surface area contributed by atoms with Crippen LogP contribution in [-0.4, -0.2) is 25.5 Å². The van der Waals surface area contributed by atoms with Crippen LogP contribution in [0.25, 0.3) is 0 Å². The maximum atomic E-state index is 13.0. The number of hydrogen-bond donors (Lipinski definition) is 1. The second kappa shape index (κ2) is 6.03. The highest BCUT2D eigenvalue weighted by Gasteiger charge is 2.42. The summed E-state index contributed by atoms with van der Waals surface area (Å²) in [6.45, 7) is -0.141. The van der Waals surface area contributed by atoms with Gasteiger partial charge in [0.15, 0.2) is 0 Å². The van der Waals surface area contributed by atoms with E-state index in [1.807, 2.05) is 0 Å². The van der Waals surface area contributed by atoms with Gasteiger partial charge in [0.1, 0.15) is 12.4 Å². The fraction of sp³-hybridized carbons (Fsp3) is 0.467. The van der Waals surface area contributed by atoms with Gasteiger partial charge >= 0.3 is 5.97 Å². The first-order chi connectivity index (χ1) is 9.58. The first-order valence-corrected chi connectivity index (χ1v) is 6.70. The lowest BCUT2D eigenvalue weighted by Crippen LogP contribution is -2.44. The third kappa shape index (κ3) is 2.81. The van der Waals surface area contributed by atoms with Crippen molar-refractivity contribution in [2.24, 2.45) is 0 Å². The highest BCUT2D eigenvalue weighted by atomic mass is 19.1. The van der Waals surface area contributed by atoms with Gasteiger partial charge in [-0.25, -0.2) is 4.39 Å². The van der Waals surface area contributed by atoms with Gasteiger partial charge in [0.25, 0.3) is 0 Å². The molecule has 108 valence electrons. The fourth-order valence-electron chi connectivity index (χ4n) is 2.79. The van der Waals surface area contributed by atoms with Gasteiger partial charge < -0.3 is 10.1 Å². The molecule has 1 fully saturated rings. The van der Waals surface area contributed by atoms with Crippen molar-refractivity contribution < 1.29 is 18.7 Å². The van der Waals surface area contributed by atoms with Crippen molar-refractivity contribution in [3.05, 3.63) is 35.6 Å². The summed E-state index contributed by atoms with van der Waals surface area (Å²) >= 11 is 0. The van der Waals surface area contributed by atoms with Crippen LogP contribution >= 0.6 is 0 Å². The molecule has 5 heteroatoms. The van der Waals surface area contributed by atoms with Crippen molar-refractivity contribution in [2.75, 3.05) is 13.7 Å². The molecule has 0 aliphatic heterocycles. The van der Waals surface area contributed by atoms with E-state index in [0.717, 1.165) is 18.4 Å². The van der Waals surface area contributed by atoms with Gasteiger partial charge in [-0.1, -0.05) is 25.0 Å². The molecule has 1 aromatic rings. The lowest BCUT2D eigenvalue weighted by Gasteiger charge is -2.28. The molecule has 1 aliphatic rings. The number of rotatable bonds is 4. The normalized spacial score (nSPS) is 16.7. The third-order valence-corrected chi connectivity index (χ3v) is 3.91. The molecule has 20 heavy (non-hydrogen) atoms. The van der Waals surface area contributed by atoms with E-state index in [0.29, 0.717) is 12.8 Å². The largest absolute Gasteiger partial charge is 0.468 e. The van der Waals surface area contributed by atoms with Crippen LogP contribution < -0.4 is 5.32 Å². The first-order valence-electron chi connectivity index (χ1n) is 6.70. The topological polar surface area (TPSA) is 55.4 Å². The molecule has 0 atom stereocenters. The number of esters is 1. The lowest BCUT2D eigenvalue weighted by molar-refractivity contribution is -0.141. The van der Waals surface area contributed by atoms with Gasteiger partial charge in [0, 0.05) is 0 Å². The van der Waals surface area contributed by atoms with Crippen molar-refractivity contribution >= 4 is 11.9 Å². The van der Waals surface area contributed by atoms with Crippen molar-refractivity contribution in [1.82, 2.24) is 5.32 Å². The van der Waals surface area contributed by atoms with Crippen molar-refractivity contribution in [2.45, 2.75) is 31.1 Å². The van der Waals surface area contributed by atoms with Crippen LogP contribution in [0.1, 0.15) is 31.2 Å². The average Bonchev–Trinajstić information content (AvgIpc) is 2.95. The minimum atomic E-state index is -0.651. The summed E-state index contributed by atoms with van der Waals surface area (Å²) in [5.74, 6) is -0.991. The van der Waals surface area contributed by atoms with E-state index in [9.17, 15) is 14.0 Å². The van der Waals surface area contributed by atoms with Gasteiger partial charge in [0.2, 0.25) is 5.91 Å². The van der Waals surface area contributed by atoms with E-state index >= 15 is 0 Å². The van der Waals surface area contributed by atoms with Crippen LogP contribution in [0, 0.1) is 5.82 Å². The summed E-state index contributed by atoms with van der Waals surface area (Å²) in [7, 11) is 1.28. The second-order valence-corrected chi connectivity index (χ2v) is 5.05. The summed E-state index contributed by atoms with van der Waals surface area (Å²) in [4.78, 5) is 23.6. The number of halogens is 1. The Balaban J connectivity index is 2.19. The summed E-state index contributed by atoms with van der Waals surface area (Å²) < 4.78 is 17.6. The Kier molecular flexibility index (Phi) is 4.37. The molecule has 1 aromatic carbocycles. The summed E-state index contributed by atoms with van der Waals surface area (Å²) in [5, 5.41) is 2.62. The fourth-order valence-corrected chi connectivity index (χ4v) is 2.79. The van der Waals surface area contributed by atoms with Gasteiger partial charge in [-0.3, -0.25) is 9.59 Å². The van der Waals surface area contributed by atoms with E-state index in [-0.39, 0.29) is 18.3 Å². The van der Waals surface area contributed by atoms with Crippen LogP contribution in [0.3, 0.4) is 0 Å². The van der Waals surface area contributed by atoms with E-state index in [1.165, 1.54) is 19.2 Å². The van der Waals surface area contributed by atoms with Gasteiger partial charge in [-0.2, -0.15) is 0 Å². The molecule has 0 heterocycles. The standard InChI is InChI=1S/C15H18FNO3/c1-20-13(18)10-17-14(19)15(8-2-3-9-15)11-4-6-12(16)7-5-11/h4-7H,2-3,8-10H2,1H3,(H,17,19). The minimum Gasteiger partial charge on any atom is -0.468 e. The Morgan fingerprint density at radius 2 is 1.85 bits per heavy atom. The van der Waals surface area contributed by atoms with E-state index in [2.05, 4.69) is 10.1 Å². The predicted octanol–water partition coefficient (Wildman–Crippen LogP) is 1.93. The Morgan fingerprint density at radius 1 is 1.25 bits per heavy atom. The predicted molar refractivity (Wildman–Crippen MR) is 71.6 cm³/mol. The molecule has 0 radical (unpaired) electrons. The summed E-state index contributed by atoms with van der Waals surface area (Å²) in [5.41, 5.74) is 0.153. The number of carbonyl (C=O) groups excluding carboxylic acids is 2. The molecule has 1 saturated carbocycles. The van der Waals surface area contributed by atoms with Crippen molar-refractivity contribution in [3.63, 3.8) is 0 Å². The smallest absolute Gasteiger partial charge is 0.325 e. The molecular weight excluding hydrogens is 261 g/mol. The molecule has 4 nitrogen and oxygen atoms in total. The maximum Gasteiger partial charge on any atom is 0.325 e. The van der Waals surface area contributed by atoms with Crippen LogP contribution in [0.4, 0.5) is 4.39 Å². The number of hydrogen-bond acceptors (Lipinski definition) is 3. The summed E-state index contributed by atoms with van der Waals surface area (Å²) in [6.07, 6.45) is 3.32. The van der Waals surface area contributed by atoms with Gasteiger partial charge in [-0.05, 0) is 30.5 Å². The first kappa shape index (κ1) is 14.5. The molecule has 0 bridgehead atoms. The monoisotopic (exact) mass is 279 g/mol. The molecule has 1 aliphatic carbocycles. The highest BCUT2D eigenvalue weighted by Crippen LogP contribution is 2.41. The minimum absolute atomic E-state index is 0.141. The van der Waals surface area contributed by atoms with Crippen LogP contribution in [0.2, 0.25) is 0 Å². The number of carbonyl (C=O) groups is 2. The van der Waals surface area contributed by atoms with Crippen molar-refractivity contribution in [1.29, 1.82) is 0 Å². The zero-order valence-electron chi connectivity index (χ0n) is 11.4. The number of nitrogens with one attached hydrogen (secondary N) is 1. The molecule has 1 N–H and O–H groups in total. The SMILES string of the molecule is COC(=O)CNC(=O)C1(c2ccc(F)cc2)CCCC1. The Labute approximate surface area is 117 Å². The summed E-state index contributed by atoms with van der Waals surface area (Å²) in [6, 6.07) is 6.03.